The molecule has 31 heavy (non-hydrogen) atoms. The Hall–Kier alpha value is -2.88. The van der Waals surface area contributed by atoms with Gasteiger partial charge in [-0.2, -0.15) is 18.2 Å². The highest BCUT2D eigenvalue weighted by molar-refractivity contribution is 5.74. The summed E-state index contributed by atoms with van der Waals surface area (Å²) < 4.78 is 43.2. The third kappa shape index (κ3) is 6.55. The minimum absolute atomic E-state index is 0.239. The Balaban J connectivity index is 0.000000330. The fourth-order valence-corrected chi connectivity index (χ4v) is 2.94. The van der Waals surface area contributed by atoms with Crippen LogP contribution in [0.3, 0.4) is 0 Å². The topological polar surface area (TPSA) is 76.9 Å². The first kappa shape index (κ1) is 22.8. The molecule has 1 saturated heterocycles. The molecule has 4 rings (SSSR count). The molecule has 1 aliphatic rings. The molecule has 7 nitrogen and oxygen atoms in total. The van der Waals surface area contributed by atoms with E-state index in [0.717, 1.165) is 5.69 Å². The smallest absolute Gasteiger partial charge is 0.378 e. The maximum atomic E-state index is 12.6. The number of morpholine rings is 1. The predicted molar refractivity (Wildman–Crippen MR) is 111 cm³/mol. The van der Waals surface area contributed by atoms with E-state index < -0.39 is 12.6 Å². The van der Waals surface area contributed by atoms with Crippen LogP contribution in [0.5, 0.6) is 0 Å². The van der Waals surface area contributed by atoms with Crippen molar-refractivity contribution in [2.24, 2.45) is 0 Å². The maximum absolute atomic E-state index is 12.6. The number of aromatic nitrogens is 5. The van der Waals surface area contributed by atoms with Gasteiger partial charge in [0.15, 0.2) is 5.65 Å². The fourth-order valence-electron chi connectivity index (χ4n) is 2.94. The minimum atomic E-state index is -4.25. The standard InChI is InChI=1S/C15H18F3N5O.C6H7N/c1-9-10(2)20-13-12(19-9)11(3-4-15(16,17)18)21-14(22-13)23-5-7-24-8-6-23;1-6-4-2-3-5-7-6/h3-8H2,1-2H3;2-5H,1H3. The van der Waals surface area contributed by atoms with Crippen LogP contribution in [-0.2, 0) is 11.2 Å². The number of hydrogen-bond donors (Lipinski definition) is 0. The van der Waals surface area contributed by atoms with Crippen molar-refractivity contribution in [3.63, 3.8) is 0 Å². The van der Waals surface area contributed by atoms with Crippen LogP contribution in [0.4, 0.5) is 19.1 Å². The molecule has 0 atom stereocenters. The van der Waals surface area contributed by atoms with Gasteiger partial charge in [-0.25, -0.2) is 15.0 Å². The van der Waals surface area contributed by atoms with Crippen LogP contribution in [0.25, 0.3) is 11.2 Å². The van der Waals surface area contributed by atoms with Crippen LogP contribution >= 0.6 is 0 Å². The molecule has 3 aromatic heterocycles. The molecule has 0 radical (unpaired) electrons. The van der Waals surface area contributed by atoms with E-state index in [0.29, 0.717) is 54.8 Å². The third-order valence-corrected chi connectivity index (χ3v) is 4.75. The molecule has 4 heterocycles. The Kier molecular flexibility index (Phi) is 7.32. The second-order valence-corrected chi connectivity index (χ2v) is 7.22. The molecule has 0 aliphatic carbocycles. The van der Waals surface area contributed by atoms with Gasteiger partial charge in [0, 0.05) is 37.8 Å². The monoisotopic (exact) mass is 434 g/mol. The van der Waals surface area contributed by atoms with E-state index in [4.69, 9.17) is 4.74 Å². The van der Waals surface area contributed by atoms with Crippen LogP contribution in [0.2, 0.25) is 0 Å². The summed E-state index contributed by atoms with van der Waals surface area (Å²) in [6.45, 7) is 7.82. The average Bonchev–Trinajstić information content (AvgIpc) is 2.74. The van der Waals surface area contributed by atoms with E-state index >= 15 is 0 Å². The summed E-state index contributed by atoms with van der Waals surface area (Å²) in [7, 11) is 0. The third-order valence-electron chi connectivity index (χ3n) is 4.75. The Morgan fingerprint density at radius 1 is 0.968 bits per heavy atom. The summed E-state index contributed by atoms with van der Waals surface area (Å²) in [5.74, 6) is 0.389. The van der Waals surface area contributed by atoms with Crippen molar-refractivity contribution in [1.82, 2.24) is 24.9 Å². The molecule has 1 aliphatic heterocycles. The molecule has 0 bridgehead atoms. The molecule has 166 valence electrons. The summed E-state index contributed by atoms with van der Waals surface area (Å²) >= 11 is 0. The molecule has 0 unspecified atom stereocenters. The second-order valence-electron chi connectivity index (χ2n) is 7.22. The normalized spacial score (nSPS) is 14.3. The van der Waals surface area contributed by atoms with Crippen LogP contribution in [-0.4, -0.2) is 57.4 Å². The lowest BCUT2D eigenvalue weighted by molar-refractivity contribution is -0.134. The van der Waals surface area contributed by atoms with Crippen molar-refractivity contribution in [1.29, 1.82) is 0 Å². The molecule has 0 amide bonds. The van der Waals surface area contributed by atoms with E-state index in [1.807, 2.05) is 30.0 Å². The number of alkyl halides is 3. The zero-order valence-corrected chi connectivity index (χ0v) is 17.8. The zero-order chi connectivity index (χ0) is 22.4. The first-order valence-corrected chi connectivity index (χ1v) is 10.0. The Morgan fingerprint density at radius 2 is 1.68 bits per heavy atom. The molecule has 0 saturated carbocycles. The maximum Gasteiger partial charge on any atom is 0.389 e. The zero-order valence-electron chi connectivity index (χ0n) is 17.8. The molecule has 3 aromatic rings. The van der Waals surface area contributed by atoms with Gasteiger partial charge >= 0.3 is 6.18 Å². The first-order valence-electron chi connectivity index (χ1n) is 10.0. The molecular weight excluding hydrogens is 409 g/mol. The lowest BCUT2D eigenvalue weighted by Crippen LogP contribution is -2.37. The number of hydrogen-bond acceptors (Lipinski definition) is 7. The molecule has 1 fully saturated rings. The van der Waals surface area contributed by atoms with Gasteiger partial charge in [0.05, 0.1) is 30.3 Å². The number of aryl methyl sites for hydroxylation is 4. The Bertz CT molecular complexity index is 1010. The first-order chi connectivity index (χ1) is 14.7. The van der Waals surface area contributed by atoms with Gasteiger partial charge < -0.3 is 9.64 Å². The molecule has 10 heteroatoms. The molecule has 0 spiro atoms. The summed E-state index contributed by atoms with van der Waals surface area (Å²) in [4.78, 5) is 23.4. The SMILES string of the molecule is Cc1ccccn1.Cc1nc2nc(N3CCOCC3)nc(CCC(F)(F)F)c2nc1C. The quantitative estimate of drug-likeness (QED) is 0.621. The van der Waals surface area contributed by atoms with Crippen molar-refractivity contribution in [2.45, 2.75) is 39.8 Å². The average molecular weight is 434 g/mol. The van der Waals surface area contributed by atoms with Crippen molar-refractivity contribution in [3.8, 4) is 0 Å². The minimum Gasteiger partial charge on any atom is -0.378 e. The fraction of sp³-hybridized carbons (Fsp3) is 0.476. The van der Waals surface area contributed by atoms with Crippen LogP contribution < -0.4 is 4.90 Å². The van der Waals surface area contributed by atoms with Gasteiger partial charge in [0.2, 0.25) is 5.95 Å². The highest BCUT2D eigenvalue weighted by atomic mass is 19.4. The van der Waals surface area contributed by atoms with E-state index in [2.05, 4.69) is 24.9 Å². The van der Waals surface area contributed by atoms with Gasteiger partial charge in [-0.05, 0) is 32.9 Å². The summed E-state index contributed by atoms with van der Waals surface area (Å²) in [5, 5.41) is 0. The van der Waals surface area contributed by atoms with E-state index in [1.54, 1.807) is 20.0 Å². The van der Waals surface area contributed by atoms with Gasteiger partial charge in [0.1, 0.15) is 5.52 Å². The van der Waals surface area contributed by atoms with Crippen LogP contribution in [0, 0.1) is 20.8 Å². The lowest BCUT2D eigenvalue weighted by atomic mass is 10.2. The summed E-state index contributed by atoms with van der Waals surface area (Å²) in [5.41, 5.74) is 3.41. The number of anilines is 1. The van der Waals surface area contributed by atoms with Crippen molar-refractivity contribution < 1.29 is 17.9 Å². The number of fused-ring (bicyclic) bond motifs is 1. The van der Waals surface area contributed by atoms with Crippen LogP contribution in [0.1, 0.15) is 29.2 Å². The number of pyridine rings is 1. The van der Waals surface area contributed by atoms with Gasteiger partial charge in [0.25, 0.3) is 0 Å². The number of ether oxygens (including phenoxy) is 1. The largest absolute Gasteiger partial charge is 0.389 e. The molecular formula is C21H25F3N6O. The second kappa shape index (κ2) is 9.95. The highest BCUT2D eigenvalue weighted by Gasteiger charge is 2.28. The van der Waals surface area contributed by atoms with E-state index in [9.17, 15) is 13.2 Å². The van der Waals surface area contributed by atoms with E-state index in [-0.39, 0.29) is 12.1 Å². The molecule has 0 aromatic carbocycles. The predicted octanol–water partition coefficient (Wildman–Crippen LogP) is 3.76. The Labute approximate surface area is 178 Å². The lowest BCUT2D eigenvalue weighted by Gasteiger charge is -2.27. The van der Waals surface area contributed by atoms with Gasteiger partial charge in [-0.1, -0.05) is 6.07 Å². The van der Waals surface area contributed by atoms with Crippen molar-refractivity contribution >= 4 is 17.1 Å². The summed E-state index contributed by atoms with van der Waals surface area (Å²) in [6.07, 6.45) is -3.65. The number of halogens is 3. The van der Waals surface area contributed by atoms with Gasteiger partial charge in [-0.15, -0.1) is 0 Å². The summed E-state index contributed by atoms with van der Waals surface area (Å²) in [6, 6.07) is 5.86. The van der Waals surface area contributed by atoms with E-state index in [1.165, 1.54) is 0 Å². The van der Waals surface area contributed by atoms with Crippen molar-refractivity contribution in [2.75, 3.05) is 31.2 Å². The van der Waals surface area contributed by atoms with Gasteiger partial charge in [-0.3, -0.25) is 4.98 Å². The number of nitrogens with zero attached hydrogens (tertiary/aromatic N) is 6. The van der Waals surface area contributed by atoms with Crippen LogP contribution in [0.15, 0.2) is 24.4 Å². The highest BCUT2D eigenvalue weighted by Crippen LogP contribution is 2.25. The Morgan fingerprint density at radius 3 is 2.26 bits per heavy atom. The number of rotatable bonds is 3. The van der Waals surface area contributed by atoms with Crippen molar-refractivity contribution in [3.05, 3.63) is 47.2 Å². The molecule has 0 N–H and O–H groups in total.